The Hall–Kier alpha value is -3.57. The number of ether oxygens (including phenoxy) is 2. The first-order valence-corrected chi connectivity index (χ1v) is 16.9. The predicted octanol–water partition coefficient (Wildman–Crippen LogP) is 5.84. The molecule has 0 aromatic heterocycles. The summed E-state index contributed by atoms with van der Waals surface area (Å²) in [5.41, 5.74) is 2.05. The molecule has 0 unspecified atom stereocenters. The number of methoxy groups -OCH3 is 2. The lowest BCUT2D eigenvalue weighted by Gasteiger charge is -2.33. The quantitative estimate of drug-likeness (QED) is 0.257. The van der Waals surface area contributed by atoms with Crippen LogP contribution in [0.1, 0.15) is 50.2 Å². The highest BCUT2D eigenvalue weighted by atomic mass is 79.9. The van der Waals surface area contributed by atoms with Gasteiger partial charge in [0.1, 0.15) is 24.1 Å². The van der Waals surface area contributed by atoms with Gasteiger partial charge < -0.3 is 19.7 Å². The Morgan fingerprint density at radius 3 is 2.20 bits per heavy atom. The van der Waals surface area contributed by atoms with Crippen LogP contribution in [0.2, 0.25) is 0 Å². The number of anilines is 1. The molecule has 1 saturated carbocycles. The number of benzene rings is 3. The molecule has 0 radical (unpaired) electrons. The van der Waals surface area contributed by atoms with E-state index in [9.17, 15) is 18.0 Å². The normalized spacial score (nSPS) is 14.4. The monoisotopic (exact) mass is 685 g/mol. The van der Waals surface area contributed by atoms with Gasteiger partial charge in [-0.15, -0.1) is 0 Å². The van der Waals surface area contributed by atoms with Gasteiger partial charge in [0.15, 0.2) is 0 Å². The minimum atomic E-state index is -4.21. The van der Waals surface area contributed by atoms with Gasteiger partial charge in [0.05, 0.1) is 29.3 Å². The molecule has 0 spiro atoms. The highest BCUT2D eigenvalue weighted by molar-refractivity contribution is 9.10. The average molecular weight is 687 g/mol. The number of halogens is 1. The van der Waals surface area contributed by atoms with Gasteiger partial charge in [0, 0.05) is 12.6 Å². The summed E-state index contributed by atoms with van der Waals surface area (Å²) in [6.45, 7) is 3.19. The molecule has 3 aromatic carbocycles. The summed E-state index contributed by atoms with van der Waals surface area (Å²) in [4.78, 5) is 29.1. The minimum Gasteiger partial charge on any atom is -0.497 e. The van der Waals surface area contributed by atoms with Crippen LogP contribution in [0.3, 0.4) is 0 Å². The maximum absolute atomic E-state index is 14.2. The predicted molar refractivity (Wildman–Crippen MR) is 174 cm³/mol. The Morgan fingerprint density at radius 2 is 1.61 bits per heavy atom. The number of hydrogen-bond donors (Lipinski definition) is 1. The van der Waals surface area contributed by atoms with E-state index in [1.54, 1.807) is 56.5 Å². The van der Waals surface area contributed by atoms with Gasteiger partial charge >= 0.3 is 0 Å². The van der Waals surface area contributed by atoms with Crippen molar-refractivity contribution in [2.75, 3.05) is 25.1 Å². The molecule has 1 aliphatic carbocycles. The summed E-state index contributed by atoms with van der Waals surface area (Å²) in [6.07, 6.45) is 5.07. The zero-order chi connectivity index (χ0) is 31.9. The summed E-state index contributed by atoms with van der Waals surface area (Å²) >= 11 is 3.38. The van der Waals surface area contributed by atoms with E-state index in [0.29, 0.717) is 21.7 Å². The van der Waals surface area contributed by atoms with Gasteiger partial charge in [0.2, 0.25) is 11.8 Å². The number of amides is 2. The zero-order valence-corrected chi connectivity index (χ0v) is 28.0. The van der Waals surface area contributed by atoms with Crippen molar-refractivity contribution in [3.05, 3.63) is 82.3 Å². The van der Waals surface area contributed by atoms with Crippen LogP contribution in [0.5, 0.6) is 11.5 Å². The van der Waals surface area contributed by atoms with Crippen molar-refractivity contribution < 1.29 is 27.5 Å². The van der Waals surface area contributed by atoms with Crippen molar-refractivity contribution in [2.24, 2.45) is 0 Å². The number of aryl methyl sites for hydroxylation is 1. The SMILES string of the molecule is COc1ccc(CN(C(=O)CN(c2ccc(C)cc2)S(=O)(=O)c2ccc(OC)c(Br)c2)[C@@H](C)C(=O)NC2CCCCC2)cc1. The highest BCUT2D eigenvalue weighted by Crippen LogP contribution is 2.31. The first-order valence-electron chi connectivity index (χ1n) is 14.7. The topological polar surface area (TPSA) is 105 Å². The van der Waals surface area contributed by atoms with Gasteiger partial charge in [-0.2, -0.15) is 0 Å². The summed E-state index contributed by atoms with van der Waals surface area (Å²) in [5.74, 6) is 0.369. The van der Waals surface area contributed by atoms with Crippen molar-refractivity contribution >= 4 is 43.5 Å². The third-order valence-electron chi connectivity index (χ3n) is 7.94. The van der Waals surface area contributed by atoms with Crippen LogP contribution in [0.15, 0.2) is 76.1 Å². The van der Waals surface area contributed by atoms with Crippen LogP contribution < -0.4 is 19.1 Å². The molecular weight excluding hydrogens is 646 g/mol. The number of sulfonamides is 1. The molecule has 3 aromatic rings. The van der Waals surface area contributed by atoms with E-state index in [2.05, 4.69) is 21.2 Å². The number of hydrogen-bond acceptors (Lipinski definition) is 6. The van der Waals surface area contributed by atoms with E-state index in [4.69, 9.17) is 9.47 Å². The second-order valence-electron chi connectivity index (χ2n) is 11.0. The van der Waals surface area contributed by atoms with Crippen LogP contribution in [-0.2, 0) is 26.2 Å². The molecule has 0 aliphatic heterocycles. The largest absolute Gasteiger partial charge is 0.497 e. The van der Waals surface area contributed by atoms with Gasteiger partial charge in [-0.1, -0.05) is 49.1 Å². The second-order valence-corrected chi connectivity index (χ2v) is 13.7. The fraction of sp³-hybridized carbons (Fsp3) is 0.394. The summed E-state index contributed by atoms with van der Waals surface area (Å²) < 4.78 is 40.4. The summed E-state index contributed by atoms with van der Waals surface area (Å²) in [5, 5.41) is 3.12. The number of carbonyl (C=O) groups is 2. The molecule has 1 N–H and O–H groups in total. The van der Waals surface area contributed by atoms with E-state index in [0.717, 1.165) is 47.5 Å². The third kappa shape index (κ3) is 8.12. The first-order chi connectivity index (χ1) is 21.0. The van der Waals surface area contributed by atoms with Crippen LogP contribution in [-0.4, -0.2) is 58.0 Å². The number of nitrogens with zero attached hydrogens (tertiary/aromatic N) is 2. The number of rotatable bonds is 12. The Morgan fingerprint density at radius 1 is 0.955 bits per heavy atom. The Bertz CT molecular complexity index is 1540. The van der Waals surface area contributed by atoms with Crippen LogP contribution in [0, 0.1) is 6.92 Å². The van der Waals surface area contributed by atoms with Crippen molar-refractivity contribution in [1.29, 1.82) is 0 Å². The van der Waals surface area contributed by atoms with E-state index >= 15 is 0 Å². The van der Waals surface area contributed by atoms with Gasteiger partial charge in [0.25, 0.3) is 10.0 Å². The molecule has 4 rings (SSSR count). The van der Waals surface area contributed by atoms with Crippen LogP contribution >= 0.6 is 15.9 Å². The van der Waals surface area contributed by atoms with Gasteiger partial charge in [-0.25, -0.2) is 8.42 Å². The van der Waals surface area contributed by atoms with Crippen molar-refractivity contribution in [3.8, 4) is 11.5 Å². The van der Waals surface area contributed by atoms with E-state index in [-0.39, 0.29) is 23.4 Å². The lowest BCUT2D eigenvalue weighted by molar-refractivity contribution is -0.139. The molecular formula is C33H40BrN3O6S. The minimum absolute atomic E-state index is 0.0108. The van der Waals surface area contributed by atoms with E-state index < -0.39 is 28.5 Å². The molecule has 0 saturated heterocycles. The Balaban J connectivity index is 1.69. The maximum atomic E-state index is 14.2. The summed E-state index contributed by atoms with van der Waals surface area (Å²) in [7, 11) is -1.14. The van der Waals surface area contributed by atoms with Crippen molar-refractivity contribution in [3.63, 3.8) is 0 Å². The lowest BCUT2D eigenvalue weighted by Crippen LogP contribution is -2.53. The fourth-order valence-corrected chi connectivity index (χ4v) is 7.39. The molecule has 1 fully saturated rings. The zero-order valence-electron chi connectivity index (χ0n) is 25.6. The molecule has 0 heterocycles. The molecule has 2 amide bonds. The Kier molecular flexibility index (Phi) is 11.3. The number of carbonyl (C=O) groups excluding carboxylic acids is 2. The van der Waals surface area contributed by atoms with Crippen molar-refractivity contribution in [2.45, 2.75) is 69.5 Å². The third-order valence-corrected chi connectivity index (χ3v) is 10.3. The van der Waals surface area contributed by atoms with Crippen LogP contribution in [0.4, 0.5) is 5.69 Å². The highest BCUT2D eigenvalue weighted by Gasteiger charge is 2.33. The fourth-order valence-electron chi connectivity index (χ4n) is 5.25. The molecule has 44 heavy (non-hydrogen) atoms. The molecule has 11 heteroatoms. The van der Waals surface area contributed by atoms with Gasteiger partial charge in [-0.3, -0.25) is 13.9 Å². The maximum Gasteiger partial charge on any atom is 0.264 e. The molecule has 236 valence electrons. The van der Waals surface area contributed by atoms with E-state index in [1.807, 2.05) is 19.1 Å². The van der Waals surface area contributed by atoms with E-state index in [1.165, 1.54) is 24.1 Å². The number of nitrogens with one attached hydrogen (secondary N) is 1. The van der Waals surface area contributed by atoms with Crippen molar-refractivity contribution in [1.82, 2.24) is 10.2 Å². The van der Waals surface area contributed by atoms with Crippen LogP contribution in [0.25, 0.3) is 0 Å². The lowest BCUT2D eigenvalue weighted by atomic mass is 9.95. The first kappa shape index (κ1) is 33.3. The average Bonchev–Trinajstić information content (AvgIpc) is 3.03. The molecule has 1 aliphatic rings. The Labute approximate surface area is 268 Å². The molecule has 1 atom stereocenters. The van der Waals surface area contributed by atoms with Gasteiger partial charge in [-0.05, 0) is 90.6 Å². The molecule has 0 bridgehead atoms. The second kappa shape index (κ2) is 14.9. The smallest absolute Gasteiger partial charge is 0.264 e. The standard InChI is InChI=1S/C33H40BrN3O6S/c1-23-10-14-27(15-11-23)37(44(40,41)29-18-19-31(43-4)30(34)20-29)22-32(38)36(21-25-12-16-28(42-3)17-13-25)24(2)33(39)35-26-8-6-5-7-9-26/h10-20,24,26H,5-9,21-22H2,1-4H3,(H,35,39)/t24-/m0/s1. The molecule has 9 nitrogen and oxygen atoms in total. The summed E-state index contributed by atoms with van der Waals surface area (Å²) in [6, 6.07) is 17.8.